The van der Waals surface area contributed by atoms with E-state index >= 15 is 0 Å². The lowest BCUT2D eigenvalue weighted by atomic mass is 9.81. The molecule has 130 valence electrons. The van der Waals surface area contributed by atoms with Crippen molar-refractivity contribution in [3.05, 3.63) is 42.1 Å². The van der Waals surface area contributed by atoms with E-state index in [1.807, 2.05) is 30.3 Å². The quantitative estimate of drug-likeness (QED) is 0.900. The van der Waals surface area contributed by atoms with Gasteiger partial charge in [0.1, 0.15) is 0 Å². The monoisotopic (exact) mass is 339 g/mol. The topological polar surface area (TPSA) is 82.5 Å². The maximum Gasteiger partial charge on any atom is 0.317 e. The molecule has 0 unspecified atom stereocenters. The first-order valence-corrected chi connectivity index (χ1v) is 8.69. The lowest BCUT2D eigenvalue weighted by Gasteiger charge is -2.23. The fourth-order valence-electron chi connectivity index (χ4n) is 4.39. The van der Waals surface area contributed by atoms with Crippen molar-refractivity contribution in [1.29, 1.82) is 0 Å². The van der Waals surface area contributed by atoms with Crippen LogP contribution in [-0.4, -0.2) is 40.1 Å². The number of carbonyl (C=O) groups is 2. The average molecular weight is 339 g/mol. The Balaban J connectivity index is 1.46. The fraction of sp³-hybridized carbons (Fsp3) is 0.421. The lowest BCUT2D eigenvalue weighted by molar-refractivity contribution is -0.149. The smallest absolute Gasteiger partial charge is 0.317 e. The Morgan fingerprint density at radius 1 is 1.32 bits per heavy atom. The van der Waals surface area contributed by atoms with E-state index < -0.39 is 11.4 Å². The number of urea groups is 1. The van der Waals surface area contributed by atoms with Gasteiger partial charge in [0.25, 0.3) is 0 Å². The van der Waals surface area contributed by atoms with Gasteiger partial charge in [-0.2, -0.15) is 0 Å². The zero-order chi connectivity index (χ0) is 17.4. The van der Waals surface area contributed by atoms with Crippen LogP contribution in [0.1, 0.15) is 24.8 Å². The van der Waals surface area contributed by atoms with Crippen LogP contribution in [0.5, 0.6) is 0 Å². The van der Waals surface area contributed by atoms with Crippen LogP contribution >= 0.6 is 0 Å². The highest BCUT2D eigenvalue weighted by molar-refractivity contribution is 5.83. The molecule has 2 aromatic rings. The van der Waals surface area contributed by atoms with Gasteiger partial charge in [-0.3, -0.25) is 9.78 Å². The molecule has 2 fully saturated rings. The summed E-state index contributed by atoms with van der Waals surface area (Å²) in [6.07, 6.45) is 4.24. The third-order valence-electron chi connectivity index (χ3n) is 5.73. The Bertz CT molecular complexity index is 832. The summed E-state index contributed by atoms with van der Waals surface area (Å²) in [6, 6.07) is 9.58. The van der Waals surface area contributed by atoms with Crippen molar-refractivity contribution in [2.45, 2.75) is 25.8 Å². The summed E-state index contributed by atoms with van der Waals surface area (Å²) < 4.78 is 0. The summed E-state index contributed by atoms with van der Waals surface area (Å²) in [7, 11) is 0. The van der Waals surface area contributed by atoms with Gasteiger partial charge in [0.2, 0.25) is 0 Å². The highest BCUT2D eigenvalue weighted by atomic mass is 16.4. The lowest BCUT2D eigenvalue weighted by Crippen LogP contribution is -2.41. The van der Waals surface area contributed by atoms with Gasteiger partial charge in [0, 0.05) is 31.2 Å². The third-order valence-corrected chi connectivity index (χ3v) is 5.73. The van der Waals surface area contributed by atoms with Crippen LogP contribution in [0.25, 0.3) is 10.9 Å². The van der Waals surface area contributed by atoms with Crippen LogP contribution in [0.3, 0.4) is 0 Å². The number of carboxylic acids is 1. The number of carboxylic acid groups (broad SMARTS) is 1. The summed E-state index contributed by atoms with van der Waals surface area (Å²) in [5.74, 6) is -0.682. The van der Waals surface area contributed by atoms with E-state index in [1.165, 1.54) is 0 Å². The molecule has 2 atom stereocenters. The van der Waals surface area contributed by atoms with E-state index in [-0.39, 0.29) is 11.9 Å². The Kier molecular flexibility index (Phi) is 3.82. The van der Waals surface area contributed by atoms with Crippen molar-refractivity contribution in [3.8, 4) is 0 Å². The second kappa shape index (κ2) is 6.02. The number of benzene rings is 1. The highest BCUT2D eigenvalue weighted by Gasteiger charge is 2.55. The van der Waals surface area contributed by atoms with E-state index in [2.05, 4.69) is 10.3 Å². The first kappa shape index (κ1) is 15.9. The van der Waals surface area contributed by atoms with E-state index in [0.717, 1.165) is 29.3 Å². The standard InChI is InChI=1S/C19H21N3O3/c23-17(24)19-8-2-7-15(19)11-22(12-19)18(25)21-10-14-5-1-4-13-6-3-9-20-16(13)14/h1,3-6,9,15H,2,7-8,10-12H2,(H,21,25)(H,23,24)/t15-,19+/m0/s1. The van der Waals surface area contributed by atoms with E-state index in [9.17, 15) is 14.7 Å². The van der Waals surface area contributed by atoms with Crippen LogP contribution < -0.4 is 5.32 Å². The fourth-order valence-corrected chi connectivity index (χ4v) is 4.39. The van der Waals surface area contributed by atoms with Crippen molar-refractivity contribution < 1.29 is 14.7 Å². The highest BCUT2D eigenvalue weighted by Crippen LogP contribution is 2.48. The number of pyridine rings is 1. The van der Waals surface area contributed by atoms with Crippen molar-refractivity contribution in [2.75, 3.05) is 13.1 Å². The molecule has 2 amide bonds. The number of aromatic nitrogens is 1. The van der Waals surface area contributed by atoms with E-state index in [1.54, 1.807) is 11.1 Å². The molecule has 0 radical (unpaired) electrons. The molecule has 0 bridgehead atoms. The molecule has 2 N–H and O–H groups in total. The number of amides is 2. The molecule has 1 saturated carbocycles. The molecule has 2 aliphatic rings. The first-order valence-electron chi connectivity index (χ1n) is 8.69. The van der Waals surface area contributed by atoms with Gasteiger partial charge in [-0.15, -0.1) is 0 Å². The first-order chi connectivity index (χ1) is 12.1. The van der Waals surface area contributed by atoms with Crippen LogP contribution in [0.4, 0.5) is 4.79 Å². The number of rotatable bonds is 3. The summed E-state index contributed by atoms with van der Waals surface area (Å²) in [6.45, 7) is 1.23. The maximum atomic E-state index is 12.6. The number of para-hydroxylation sites is 1. The summed E-state index contributed by atoms with van der Waals surface area (Å²) in [5.41, 5.74) is 1.10. The number of carbonyl (C=O) groups excluding carboxylic acids is 1. The number of nitrogens with one attached hydrogen (secondary N) is 1. The minimum Gasteiger partial charge on any atom is -0.481 e. The second-order valence-electron chi connectivity index (χ2n) is 7.08. The normalized spacial score (nSPS) is 25.1. The van der Waals surface area contributed by atoms with Gasteiger partial charge >= 0.3 is 12.0 Å². The Morgan fingerprint density at radius 3 is 2.96 bits per heavy atom. The largest absolute Gasteiger partial charge is 0.481 e. The van der Waals surface area contributed by atoms with Crippen molar-refractivity contribution in [2.24, 2.45) is 11.3 Å². The summed E-state index contributed by atoms with van der Waals surface area (Å²) in [4.78, 5) is 30.3. The number of aliphatic carboxylic acids is 1. The number of hydrogen-bond donors (Lipinski definition) is 2. The molecule has 1 aromatic carbocycles. The number of likely N-dealkylation sites (tertiary alicyclic amines) is 1. The molecule has 1 aliphatic heterocycles. The Hall–Kier alpha value is -2.63. The molecule has 2 heterocycles. The average Bonchev–Trinajstić information content (AvgIpc) is 3.18. The molecular weight excluding hydrogens is 318 g/mol. The predicted molar refractivity (Wildman–Crippen MR) is 93.0 cm³/mol. The van der Waals surface area contributed by atoms with E-state index in [4.69, 9.17) is 0 Å². The summed E-state index contributed by atoms with van der Waals surface area (Å²) in [5, 5.41) is 13.6. The molecule has 0 spiro atoms. The second-order valence-corrected chi connectivity index (χ2v) is 7.08. The minimum absolute atomic E-state index is 0.0787. The number of hydrogen-bond acceptors (Lipinski definition) is 3. The number of fused-ring (bicyclic) bond motifs is 2. The van der Waals surface area contributed by atoms with Gasteiger partial charge in [-0.25, -0.2) is 4.79 Å². The molecule has 6 nitrogen and oxygen atoms in total. The van der Waals surface area contributed by atoms with Gasteiger partial charge in [0.15, 0.2) is 0 Å². The minimum atomic E-state index is -0.761. The Morgan fingerprint density at radius 2 is 2.16 bits per heavy atom. The predicted octanol–water partition coefficient (Wildman–Crippen LogP) is 2.63. The molecule has 1 saturated heterocycles. The number of nitrogens with zero attached hydrogens (tertiary/aromatic N) is 2. The molecule has 4 rings (SSSR count). The Labute approximate surface area is 145 Å². The van der Waals surface area contributed by atoms with Crippen LogP contribution in [-0.2, 0) is 11.3 Å². The van der Waals surface area contributed by atoms with Crippen LogP contribution in [0.2, 0.25) is 0 Å². The molecule has 6 heteroatoms. The summed E-state index contributed by atoms with van der Waals surface area (Å²) >= 11 is 0. The van der Waals surface area contributed by atoms with Gasteiger partial charge < -0.3 is 15.3 Å². The molecule has 1 aliphatic carbocycles. The zero-order valence-corrected chi connectivity index (χ0v) is 13.9. The molecule has 1 aromatic heterocycles. The maximum absolute atomic E-state index is 12.6. The van der Waals surface area contributed by atoms with Gasteiger partial charge in [-0.05, 0) is 30.4 Å². The SMILES string of the molecule is O=C(NCc1cccc2cccnc12)N1C[C@@H]2CCC[C@@]2(C(=O)O)C1. The molecular formula is C19H21N3O3. The van der Waals surface area contributed by atoms with E-state index in [0.29, 0.717) is 26.1 Å². The van der Waals surface area contributed by atoms with Crippen LogP contribution in [0.15, 0.2) is 36.5 Å². The molecule has 25 heavy (non-hydrogen) atoms. The third kappa shape index (κ3) is 2.62. The van der Waals surface area contributed by atoms with Crippen molar-refractivity contribution >= 4 is 22.9 Å². The van der Waals surface area contributed by atoms with Crippen molar-refractivity contribution in [1.82, 2.24) is 15.2 Å². The van der Waals surface area contributed by atoms with Gasteiger partial charge in [0.05, 0.1) is 10.9 Å². The van der Waals surface area contributed by atoms with Gasteiger partial charge in [-0.1, -0.05) is 30.7 Å². The van der Waals surface area contributed by atoms with Crippen molar-refractivity contribution in [3.63, 3.8) is 0 Å². The van der Waals surface area contributed by atoms with Crippen LogP contribution in [0, 0.1) is 11.3 Å². The zero-order valence-electron chi connectivity index (χ0n) is 13.9.